The molecule has 0 aliphatic carbocycles. The molecular weight excluding hydrogens is 442 g/mol. The molecule has 2 aromatic carbocycles. The summed E-state index contributed by atoms with van der Waals surface area (Å²) in [7, 11) is -3.86. The Morgan fingerprint density at radius 3 is 2.21 bits per heavy atom. The van der Waals surface area contributed by atoms with Gasteiger partial charge in [0.2, 0.25) is 10.0 Å². The molecule has 0 radical (unpaired) electrons. The summed E-state index contributed by atoms with van der Waals surface area (Å²) in [5.41, 5.74) is 4.11. The summed E-state index contributed by atoms with van der Waals surface area (Å²) < 4.78 is 28.2. The third kappa shape index (κ3) is 6.25. The van der Waals surface area contributed by atoms with Crippen molar-refractivity contribution in [1.29, 1.82) is 0 Å². The van der Waals surface area contributed by atoms with E-state index >= 15 is 0 Å². The third-order valence-corrected chi connectivity index (χ3v) is 6.46. The average molecular weight is 466 g/mol. The number of sulfonamides is 1. The summed E-state index contributed by atoms with van der Waals surface area (Å²) in [6, 6.07) is 15.5. The van der Waals surface area contributed by atoms with Gasteiger partial charge in [0.05, 0.1) is 11.4 Å². The first-order chi connectivity index (χ1) is 13.4. The highest BCUT2D eigenvalue weighted by molar-refractivity contribution is 9.10. The second-order valence-electron chi connectivity index (χ2n) is 6.13. The van der Waals surface area contributed by atoms with Crippen LogP contribution in [0.25, 0.3) is 0 Å². The molecule has 0 aromatic heterocycles. The van der Waals surface area contributed by atoms with E-state index in [1.807, 2.05) is 44.2 Å². The number of amides is 1. The minimum Gasteiger partial charge on any atom is -0.272 e. The van der Waals surface area contributed by atoms with Crippen LogP contribution in [0.1, 0.15) is 32.3 Å². The Labute approximate surface area is 174 Å². The number of hydrogen-bond donors (Lipinski definition) is 1. The van der Waals surface area contributed by atoms with Gasteiger partial charge in [-0.05, 0) is 42.7 Å². The SMILES string of the molecule is CCC(CC)=NNC(=O)CN(Cc1ccccc1)S(=O)(=O)c1ccc(Br)cc1. The minimum atomic E-state index is -3.86. The summed E-state index contributed by atoms with van der Waals surface area (Å²) in [4.78, 5) is 12.5. The normalized spacial score (nSPS) is 11.3. The molecule has 2 aromatic rings. The first-order valence-electron chi connectivity index (χ1n) is 9.00. The average Bonchev–Trinajstić information content (AvgIpc) is 2.69. The van der Waals surface area contributed by atoms with Gasteiger partial charge in [-0.3, -0.25) is 4.79 Å². The lowest BCUT2D eigenvalue weighted by Crippen LogP contribution is -2.39. The molecule has 150 valence electrons. The predicted octanol–water partition coefficient (Wildman–Crippen LogP) is 3.93. The van der Waals surface area contributed by atoms with Crippen molar-refractivity contribution in [2.45, 2.75) is 38.1 Å². The van der Waals surface area contributed by atoms with Crippen molar-refractivity contribution < 1.29 is 13.2 Å². The second kappa shape index (κ2) is 10.5. The predicted molar refractivity (Wildman–Crippen MR) is 114 cm³/mol. The molecular formula is C20H24BrN3O3S. The number of nitrogens with one attached hydrogen (secondary N) is 1. The molecule has 0 saturated carbocycles. The van der Waals surface area contributed by atoms with E-state index in [-0.39, 0.29) is 18.0 Å². The fourth-order valence-electron chi connectivity index (χ4n) is 2.51. The van der Waals surface area contributed by atoms with Crippen LogP contribution in [0.5, 0.6) is 0 Å². The first-order valence-corrected chi connectivity index (χ1v) is 11.2. The number of hydrazone groups is 1. The van der Waals surface area contributed by atoms with Crippen LogP contribution in [0.4, 0.5) is 0 Å². The number of carbonyl (C=O) groups excluding carboxylic acids is 1. The zero-order valence-electron chi connectivity index (χ0n) is 15.9. The topological polar surface area (TPSA) is 78.8 Å². The van der Waals surface area contributed by atoms with Crippen LogP contribution in [0.2, 0.25) is 0 Å². The van der Waals surface area contributed by atoms with Gasteiger partial charge in [-0.15, -0.1) is 0 Å². The molecule has 6 nitrogen and oxygen atoms in total. The fraction of sp³-hybridized carbons (Fsp3) is 0.300. The number of carbonyl (C=O) groups is 1. The van der Waals surface area contributed by atoms with Crippen LogP contribution < -0.4 is 5.43 Å². The maximum Gasteiger partial charge on any atom is 0.255 e. The highest BCUT2D eigenvalue weighted by Crippen LogP contribution is 2.20. The first kappa shape index (κ1) is 22.3. The van der Waals surface area contributed by atoms with E-state index in [1.54, 1.807) is 12.1 Å². The maximum absolute atomic E-state index is 13.1. The van der Waals surface area contributed by atoms with E-state index in [0.717, 1.165) is 32.9 Å². The molecule has 0 saturated heterocycles. The lowest BCUT2D eigenvalue weighted by molar-refractivity contribution is -0.121. The van der Waals surface area contributed by atoms with Crippen molar-refractivity contribution >= 4 is 37.6 Å². The van der Waals surface area contributed by atoms with Crippen LogP contribution in [-0.4, -0.2) is 30.9 Å². The van der Waals surface area contributed by atoms with Crippen LogP contribution in [0.15, 0.2) is 69.1 Å². The summed E-state index contributed by atoms with van der Waals surface area (Å²) in [6.07, 6.45) is 1.45. The summed E-state index contributed by atoms with van der Waals surface area (Å²) in [6.45, 7) is 3.67. The van der Waals surface area contributed by atoms with Crippen LogP contribution in [0, 0.1) is 0 Å². The molecule has 0 aliphatic heterocycles. The van der Waals surface area contributed by atoms with Crippen LogP contribution >= 0.6 is 15.9 Å². The van der Waals surface area contributed by atoms with E-state index in [4.69, 9.17) is 0 Å². The van der Waals surface area contributed by atoms with E-state index in [1.165, 1.54) is 12.1 Å². The summed E-state index contributed by atoms with van der Waals surface area (Å²) in [5.74, 6) is -0.476. The number of halogens is 1. The Morgan fingerprint density at radius 2 is 1.64 bits per heavy atom. The molecule has 8 heteroatoms. The number of nitrogens with zero attached hydrogens (tertiary/aromatic N) is 2. The maximum atomic E-state index is 13.1. The number of hydrogen-bond acceptors (Lipinski definition) is 4. The fourth-order valence-corrected chi connectivity index (χ4v) is 4.16. The van der Waals surface area contributed by atoms with E-state index in [9.17, 15) is 13.2 Å². The molecule has 0 spiro atoms. The Kier molecular flexibility index (Phi) is 8.35. The molecule has 0 bridgehead atoms. The third-order valence-electron chi connectivity index (χ3n) is 4.13. The standard InChI is InChI=1S/C20H24BrN3O3S/c1-3-18(4-2)22-23-20(25)15-24(14-16-8-6-5-7-9-16)28(26,27)19-12-10-17(21)11-13-19/h5-13H,3-4,14-15H2,1-2H3,(H,23,25). The van der Waals surface area contributed by atoms with Crippen LogP contribution in [0.3, 0.4) is 0 Å². The molecule has 0 atom stereocenters. The lowest BCUT2D eigenvalue weighted by atomic mass is 10.2. The van der Waals surface area contributed by atoms with Gasteiger partial charge in [-0.2, -0.15) is 9.41 Å². The molecule has 28 heavy (non-hydrogen) atoms. The van der Waals surface area contributed by atoms with Crippen molar-refractivity contribution in [2.24, 2.45) is 5.10 Å². The van der Waals surface area contributed by atoms with Crippen molar-refractivity contribution in [3.05, 3.63) is 64.6 Å². The smallest absolute Gasteiger partial charge is 0.255 e. The summed E-state index contributed by atoms with van der Waals surface area (Å²) in [5, 5.41) is 4.08. The van der Waals surface area contributed by atoms with Crippen molar-refractivity contribution in [3.8, 4) is 0 Å². The molecule has 1 N–H and O–H groups in total. The van der Waals surface area contributed by atoms with Crippen molar-refractivity contribution in [1.82, 2.24) is 9.73 Å². The molecule has 0 fully saturated rings. The quantitative estimate of drug-likeness (QED) is 0.449. The molecule has 2 rings (SSSR count). The van der Waals surface area contributed by atoms with Crippen molar-refractivity contribution in [2.75, 3.05) is 6.54 Å². The van der Waals surface area contributed by atoms with E-state index in [2.05, 4.69) is 26.5 Å². The van der Waals surface area contributed by atoms with Crippen LogP contribution in [-0.2, 0) is 21.4 Å². The zero-order valence-corrected chi connectivity index (χ0v) is 18.3. The van der Waals surface area contributed by atoms with Gasteiger partial charge in [-0.1, -0.05) is 60.1 Å². The number of rotatable bonds is 9. The van der Waals surface area contributed by atoms with E-state index in [0.29, 0.717) is 0 Å². The van der Waals surface area contributed by atoms with Gasteiger partial charge >= 0.3 is 0 Å². The Balaban J connectivity index is 2.27. The Morgan fingerprint density at radius 1 is 1.04 bits per heavy atom. The second-order valence-corrected chi connectivity index (χ2v) is 8.99. The minimum absolute atomic E-state index is 0.0881. The largest absolute Gasteiger partial charge is 0.272 e. The Bertz CT molecular complexity index is 907. The number of benzene rings is 2. The van der Waals surface area contributed by atoms with Gasteiger partial charge in [-0.25, -0.2) is 13.8 Å². The summed E-state index contributed by atoms with van der Waals surface area (Å²) >= 11 is 3.30. The van der Waals surface area contributed by atoms with Crippen molar-refractivity contribution in [3.63, 3.8) is 0 Å². The van der Waals surface area contributed by atoms with Gasteiger partial charge in [0.15, 0.2) is 0 Å². The van der Waals surface area contributed by atoms with Gasteiger partial charge in [0, 0.05) is 16.7 Å². The van der Waals surface area contributed by atoms with Gasteiger partial charge in [0.1, 0.15) is 0 Å². The zero-order chi connectivity index (χ0) is 20.6. The van der Waals surface area contributed by atoms with E-state index < -0.39 is 15.9 Å². The Hall–Kier alpha value is -2.03. The molecule has 0 unspecified atom stereocenters. The molecule has 0 aliphatic rings. The molecule has 0 heterocycles. The highest BCUT2D eigenvalue weighted by Gasteiger charge is 2.27. The monoisotopic (exact) mass is 465 g/mol. The molecule has 1 amide bonds. The highest BCUT2D eigenvalue weighted by atomic mass is 79.9. The van der Waals surface area contributed by atoms with Gasteiger partial charge in [0.25, 0.3) is 5.91 Å². The van der Waals surface area contributed by atoms with Gasteiger partial charge < -0.3 is 0 Å². The lowest BCUT2D eigenvalue weighted by Gasteiger charge is -2.21.